The largest absolute Gasteiger partial charge is 0.493 e. The molecule has 218 valence electrons. The van der Waals surface area contributed by atoms with Crippen LogP contribution in [0.1, 0.15) is 94.9 Å². The van der Waals surface area contributed by atoms with Crippen LogP contribution in [0.25, 0.3) is 0 Å². The van der Waals surface area contributed by atoms with Crippen LogP contribution in [0.2, 0.25) is 0 Å². The van der Waals surface area contributed by atoms with Crippen molar-refractivity contribution < 1.29 is 14.2 Å². The molecular weight excluding hydrogens is 474 g/mol. The molecule has 1 aliphatic heterocycles. The van der Waals surface area contributed by atoms with Crippen molar-refractivity contribution in [2.24, 2.45) is 5.41 Å². The van der Waals surface area contributed by atoms with E-state index in [2.05, 4.69) is 84.8 Å². The second-order valence-electron chi connectivity index (χ2n) is 15.2. The number of likely N-dealkylation sites (tertiary alicyclic amines) is 1. The fraction of sp³-hybridized carbons (Fsp3) is 0.812. The molecule has 0 unspecified atom stereocenters. The lowest BCUT2D eigenvalue weighted by Crippen LogP contribution is -2.53. The fourth-order valence-electron chi connectivity index (χ4n) is 5.97. The normalized spacial score (nSPS) is 23.4. The number of benzene rings is 1. The molecule has 1 aliphatic carbocycles. The molecule has 1 aromatic carbocycles. The molecule has 1 saturated heterocycles. The van der Waals surface area contributed by atoms with Crippen LogP contribution in [0.3, 0.4) is 0 Å². The lowest BCUT2D eigenvalue weighted by atomic mass is 9.82. The summed E-state index contributed by atoms with van der Waals surface area (Å²) in [5.41, 5.74) is 0.0972. The highest BCUT2D eigenvalue weighted by atomic mass is 16.5. The quantitative estimate of drug-likeness (QED) is 0.324. The Hall–Kier alpha value is -1.34. The molecule has 6 heteroatoms. The number of rotatable bonds is 13. The summed E-state index contributed by atoms with van der Waals surface area (Å²) in [7, 11) is 0. The van der Waals surface area contributed by atoms with Crippen molar-refractivity contribution in [3.8, 4) is 11.5 Å². The van der Waals surface area contributed by atoms with Crippen LogP contribution in [0.4, 0.5) is 0 Å². The van der Waals surface area contributed by atoms with E-state index in [4.69, 9.17) is 14.2 Å². The minimum absolute atomic E-state index is 0.0183. The minimum atomic E-state index is -0.206. The summed E-state index contributed by atoms with van der Waals surface area (Å²) in [5.74, 6) is 1.76. The van der Waals surface area contributed by atoms with E-state index in [-0.39, 0.29) is 28.2 Å². The maximum Gasteiger partial charge on any atom is 0.123 e. The van der Waals surface area contributed by atoms with E-state index in [1.165, 1.54) is 6.42 Å². The molecule has 1 saturated carbocycles. The summed E-state index contributed by atoms with van der Waals surface area (Å²) in [4.78, 5) is 2.52. The van der Waals surface area contributed by atoms with Crippen molar-refractivity contribution in [1.29, 1.82) is 0 Å². The molecule has 0 amide bonds. The lowest BCUT2D eigenvalue weighted by Gasteiger charge is -2.40. The van der Waals surface area contributed by atoms with Gasteiger partial charge in [0.2, 0.25) is 0 Å². The summed E-state index contributed by atoms with van der Waals surface area (Å²) in [5, 5.41) is 7.39. The van der Waals surface area contributed by atoms with Crippen molar-refractivity contribution in [3.05, 3.63) is 24.3 Å². The third-order valence-electron chi connectivity index (χ3n) is 7.18. The molecule has 0 bridgehead atoms. The average molecular weight is 532 g/mol. The number of ether oxygens (including phenoxy) is 3. The van der Waals surface area contributed by atoms with Gasteiger partial charge in [0.1, 0.15) is 17.6 Å². The molecular formula is C32H57N3O3. The lowest BCUT2D eigenvalue weighted by molar-refractivity contribution is -0.0572. The first kappa shape index (κ1) is 31.2. The van der Waals surface area contributed by atoms with Gasteiger partial charge in [0, 0.05) is 47.7 Å². The van der Waals surface area contributed by atoms with Crippen LogP contribution in [-0.4, -0.2) is 72.6 Å². The molecule has 2 aliphatic rings. The first-order chi connectivity index (χ1) is 17.5. The molecule has 0 aromatic heterocycles. The van der Waals surface area contributed by atoms with Crippen LogP contribution >= 0.6 is 0 Å². The van der Waals surface area contributed by atoms with E-state index < -0.39 is 0 Å². The number of hydrogen-bond donors (Lipinski definition) is 2. The molecule has 0 radical (unpaired) electrons. The summed E-state index contributed by atoms with van der Waals surface area (Å²) in [6, 6.07) is 9.23. The predicted molar refractivity (Wildman–Crippen MR) is 158 cm³/mol. The number of nitrogens with zero attached hydrogens (tertiary/aromatic N) is 1. The Morgan fingerprint density at radius 3 is 2.16 bits per heavy atom. The van der Waals surface area contributed by atoms with Crippen molar-refractivity contribution >= 4 is 0 Å². The maximum atomic E-state index is 6.39. The zero-order valence-corrected chi connectivity index (χ0v) is 26.1. The van der Waals surface area contributed by atoms with E-state index in [1.54, 1.807) is 0 Å². The van der Waals surface area contributed by atoms with E-state index in [9.17, 15) is 0 Å². The number of nitrogens with one attached hydrogen (secondary N) is 2. The zero-order chi connectivity index (χ0) is 28.2. The van der Waals surface area contributed by atoms with Gasteiger partial charge in [-0.05, 0) is 99.8 Å². The molecule has 38 heavy (non-hydrogen) atoms. The van der Waals surface area contributed by atoms with Crippen LogP contribution in [0.5, 0.6) is 11.5 Å². The van der Waals surface area contributed by atoms with E-state index in [0.29, 0.717) is 18.7 Å². The highest BCUT2D eigenvalue weighted by Gasteiger charge is 2.34. The van der Waals surface area contributed by atoms with Crippen LogP contribution in [0, 0.1) is 5.41 Å². The zero-order valence-electron chi connectivity index (χ0n) is 26.1. The van der Waals surface area contributed by atoms with Gasteiger partial charge in [-0.15, -0.1) is 0 Å². The van der Waals surface area contributed by atoms with Gasteiger partial charge in [-0.25, -0.2) is 0 Å². The van der Waals surface area contributed by atoms with Gasteiger partial charge in [-0.2, -0.15) is 0 Å². The van der Waals surface area contributed by atoms with Gasteiger partial charge < -0.3 is 24.8 Å². The van der Waals surface area contributed by atoms with Gasteiger partial charge in [-0.1, -0.05) is 19.9 Å². The average Bonchev–Trinajstić information content (AvgIpc) is 3.14. The Labute approximate surface area is 233 Å². The highest BCUT2D eigenvalue weighted by Crippen LogP contribution is 2.33. The summed E-state index contributed by atoms with van der Waals surface area (Å²) < 4.78 is 18.9. The van der Waals surface area contributed by atoms with Crippen molar-refractivity contribution in [1.82, 2.24) is 15.5 Å². The third-order valence-corrected chi connectivity index (χ3v) is 7.18. The smallest absolute Gasteiger partial charge is 0.123 e. The molecule has 1 heterocycles. The molecule has 1 atom stereocenters. The van der Waals surface area contributed by atoms with Crippen molar-refractivity contribution in [2.45, 2.75) is 130 Å². The summed E-state index contributed by atoms with van der Waals surface area (Å²) in [6.45, 7) is 27.0. The fourth-order valence-corrected chi connectivity index (χ4v) is 5.97. The molecule has 3 rings (SSSR count). The van der Waals surface area contributed by atoms with Gasteiger partial charge in [0.25, 0.3) is 0 Å². The Bertz CT molecular complexity index is 865. The van der Waals surface area contributed by atoms with Gasteiger partial charge >= 0.3 is 0 Å². The molecule has 1 aromatic rings. The van der Waals surface area contributed by atoms with Crippen molar-refractivity contribution in [2.75, 3.05) is 32.8 Å². The van der Waals surface area contributed by atoms with Crippen LogP contribution in [-0.2, 0) is 4.74 Å². The first-order valence-electron chi connectivity index (χ1n) is 14.8. The predicted octanol–water partition coefficient (Wildman–Crippen LogP) is 6.04. The summed E-state index contributed by atoms with van der Waals surface area (Å²) >= 11 is 0. The van der Waals surface area contributed by atoms with Gasteiger partial charge in [0.15, 0.2) is 0 Å². The highest BCUT2D eigenvalue weighted by molar-refractivity contribution is 5.33. The van der Waals surface area contributed by atoms with Gasteiger partial charge in [0.05, 0.1) is 18.8 Å². The van der Waals surface area contributed by atoms with Gasteiger partial charge in [-0.3, -0.25) is 4.90 Å². The van der Waals surface area contributed by atoms with Crippen LogP contribution in [0.15, 0.2) is 24.3 Å². The Morgan fingerprint density at radius 2 is 1.50 bits per heavy atom. The molecule has 2 fully saturated rings. The second kappa shape index (κ2) is 12.4. The maximum absolute atomic E-state index is 6.39. The number of hydrogen-bond acceptors (Lipinski definition) is 6. The Kier molecular flexibility index (Phi) is 10.2. The first-order valence-corrected chi connectivity index (χ1v) is 14.8. The third kappa shape index (κ3) is 11.4. The molecule has 6 nitrogen and oxygen atoms in total. The minimum Gasteiger partial charge on any atom is -0.493 e. The van der Waals surface area contributed by atoms with Crippen molar-refractivity contribution in [3.63, 3.8) is 0 Å². The second-order valence-corrected chi connectivity index (χ2v) is 15.2. The molecule has 2 N–H and O–H groups in total. The standard InChI is InChI=1S/C32H57N3O3/c1-29(2,3)33-24-14-15-35(21-24)16-17-37-32(9,10)22-31(7,8)23-36-26-12-11-13-27(20-26)38-28-18-25(19-28)34-30(4,5)6/h11-13,20,24-25,28,33-34H,14-19,21-23H2,1-10H3/t24-,25?,28?/m0/s1. The monoisotopic (exact) mass is 531 g/mol. The van der Waals surface area contributed by atoms with E-state index >= 15 is 0 Å². The Morgan fingerprint density at radius 1 is 0.868 bits per heavy atom. The summed E-state index contributed by atoms with van der Waals surface area (Å²) in [6.07, 6.45) is 4.52. The van der Waals surface area contributed by atoms with E-state index in [1.807, 2.05) is 24.3 Å². The Balaban J connectivity index is 1.37. The molecule has 0 spiro atoms. The topological polar surface area (TPSA) is 55.0 Å². The SMILES string of the molecule is CC(C)(COc1cccc(OC2CC(NC(C)(C)C)C2)c1)CC(C)(C)OCCN1CC[C@H](NC(C)(C)C)C1. The van der Waals surface area contributed by atoms with Crippen LogP contribution < -0.4 is 20.1 Å². The van der Waals surface area contributed by atoms with E-state index in [0.717, 1.165) is 57.0 Å².